The predicted octanol–water partition coefficient (Wildman–Crippen LogP) is 3.44. The maximum Gasteiger partial charge on any atom is 0.248 e. The molecular weight excluding hydrogens is 456 g/mol. The van der Waals surface area contributed by atoms with Crippen LogP contribution in [0.2, 0.25) is 0 Å². The van der Waals surface area contributed by atoms with Gasteiger partial charge in [-0.2, -0.15) is 0 Å². The van der Waals surface area contributed by atoms with Crippen molar-refractivity contribution in [3.63, 3.8) is 0 Å². The molecule has 1 aliphatic carbocycles. The van der Waals surface area contributed by atoms with Gasteiger partial charge in [0, 0.05) is 38.5 Å². The number of nitrogens with zero attached hydrogens (tertiary/aromatic N) is 4. The van der Waals surface area contributed by atoms with Crippen molar-refractivity contribution in [3.05, 3.63) is 77.6 Å². The van der Waals surface area contributed by atoms with Gasteiger partial charge in [0.1, 0.15) is 42.9 Å². The largest absolute Gasteiger partial charge is 0.490 e. The number of carbonyl (C=O) groups excluding carboxylic acids is 1. The average Bonchev–Trinajstić information content (AvgIpc) is 3.30. The average molecular weight is 489 g/mol. The molecule has 1 unspecified atom stereocenters. The summed E-state index contributed by atoms with van der Waals surface area (Å²) >= 11 is 0. The first-order valence-electron chi connectivity index (χ1n) is 12.3. The first-order valence-corrected chi connectivity index (χ1v) is 12.3. The Morgan fingerprint density at radius 3 is 2.86 bits per heavy atom. The number of fused-ring (bicyclic) bond motifs is 2. The number of allylic oxidation sites excluding steroid dienone is 2. The van der Waals surface area contributed by atoms with Crippen LogP contribution >= 0.6 is 0 Å². The highest BCUT2D eigenvalue weighted by molar-refractivity contribution is 5.91. The molecule has 2 aliphatic rings. The number of hydrogen-bond acceptors (Lipinski definition) is 7. The van der Waals surface area contributed by atoms with Crippen LogP contribution in [0.4, 0.5) is 5.82 Å². The SMILES string of the molecule is CN1CCCN(C)C(=O)COC2CC(=CC=C2OCc2ccccc2)Nc2ncnc3[nH]cc(c23)C1. The van der Waals surface area contributed by atoms with Gasteiger partial charge in [0.2, 0.25) is 5.91 Å². The van der Waals surface area contributed by atoms with Crippen molar-refractivity contribution in [1.29, 1.82) is 0 Å². The van der Waals surface area contributed by atoms with Crippen LogP contribution in [0.5, 0.6) is 0 Å². The van der Waals surface area contributed by atoms with Gasteiger partial charge in [-0.1, -0.05) is 30.3 Å². The summed E-state index contributed by atoms with van der Waals surface area (Å²) < 4.78 is 12.3. The van der Waals surface area contributed by atoms with Crippen LogP contribution < -0.4 is 5.32 Å². The van der Waals surface area contributed by atoms with E-state index in [0.717, 1.165) is 53.2 Å². The van der Waals surface area contributed by atoms with E-state index < -0.39 is 0 Å². The Morgan fingerprint density at radius 1 is 1.14 bits per heavy atom. The van der Waals surface area contributed by atoms with Gasteiger partial charge in [0.25, 0.3) is 0 Å². The molecule has 1 amide bonds. The number of H-pyrrole nitrogens is 1. The predicted molar refractivity (Wildman–Crippen MR) is 138 cm³/mol. The fourth-order valence-corrected chi connectivity index (χ4v) is 4.53. The number of ether oxygens (including phenoxy) is 2. The molecule has 188 valence electrons. The first-order chi connectivity index (χ1) is 17.6. The molecular formula is C27H32N6O3. The van der Waals surface area contributed by atoms with Crippen LogP contribution in [-0.2, 0) is 27.4 Å². The molecule has 0 radical (unpaired) electrons. The fourth-order valence-electron chi connectivity index (χ4n) is 4.53. The molecule has 0 saturated carbocycles. The Morgan fingerprint density at radius 2 is 2.00 bits per heavy atom. The Labute approximate surface area is 210 Å². The van der Waals surface area contributed by atoms with E-state index in [4.69, 9.17) is 9.47 Å². The van der Waals surface area contributed by atoms with Crippen molar-refractivity contribution in [3.8, 4) is 0 Å². The van der Waals surface area contributed by atoms with E-state index in [1.807, 2.05) is 55.7 Å². The van der Waals surface area contributed by atoms with E-state index in [0.29, 0.717) is 25.3 Å². The third-order valence-electron chi connectivity index (χ3n) is 6.56. The van der Waals surface area contributed by atoms with Crippen molar-refractivity contribution in [2.24, 2.45) is 0 Å². The van der Waals surface area contributed by atoms with E-state index in [2.05, 4.69) is 32.2 Å². The second kappa shape index (κ2) is 10.9. The quantitative estimate of drug-likeness (QED) is 0.583. The third kappa shape index (κ3) is 5.58. The highest BCUT2D eigenvalue weighted by Gasteiger charge is 2.25. The highest BCUT2D eigenvalue weighted by Crippen LogP contribution is 2.29. The number of likely N-dealkylation sites (N-methyl/N-ethyl adjacent to an activating group) is 1. The standard InChI is InChI=1S/C27H32N6O3/c1-32-11-6-12-33(2)24(34)17-36-23-13-21(9-10-22(23)35-16-19-7-4-3-5-8-19)31-27-25-20(15-32)14-28-26(25)29-18-30-27/h3-5,7-10,14,18,23H,6,11-13,15-17H2,1-2H3,(H2,28,29,30,31). The molecule has 1 aliphatic heterocycles. The lowest BCUT2D eigenvalue weighted by Gasteiger charge is -2.27. The fraction of sp³-hybridized carbons (Fsp3) is 0.370. The van der Waals surface area contributed by atoms with Crippen LogP contribution in [0.1, 0.15) is 24.0 Å². The number of aromatic nitrogens is 3. The Kier molecular flexibility index (Phi) is 7.29. The molecule has 2 aromatic heterocycles. The third-order valence-corrected chi connectivity index (χ3v) is 6.56. The van der Waals surface area contributed by atoms with E-state index >= 15 is 0 Å². The summed E-state index contributed by atoms with van der Waals surface area (Å²) in [6.07, 6.45) is 8.47. The van der Waals surface area contributed by atoms with Crippen molar-refractivity contribution in [1.82, 2.24) is 24.8 Å². The number of aromatic amines is 1. The van der Waals surface area contributed by atoms with Gasteiger partial charge >= 0.3 is 0 Å². The minimum Gasteiger partial charge on any atom is -0.490 e. The minimum absolute atomic E-state index is 0.00393. The molecule has 36 heavy (non-hydrogen) atoms. The van der Waals surface area contributed by atoms with Gasteiger partial charge in [-0.15, -0.1) is 0 Å². The van der Waals surface area contributed by atoms with Crippen LogP contribution in [0.3, 0.4) is 0 Å². The van der Waals surface area contributed by atoms with Crippen LogP contribution in [0.25, 0.3) is 11.0 Å². The van der Waals surface area contributed by atoms with E-state index in [9.17, 15) is 4.79 Å². The lowest BCUT2D eigenvalue weighted by Crippen LogP contribution is -2.35. The number of amides is 1. The van der Waals surface area contributed by atoms with E-state index in [1.54, 1.807) is 11.2 Å². The first kappa shape index (κ1) is 24.0. The summed E-state index contributed by atoms with van der Waals surface area (Å²) in [6.45, 7) is 2.70. The normalized spacial score (nSPS) is 20.0. The lowest BCUT2D eigenvalue weighted by molar-refractivity contribution is -0.137. The topological polar surface area (TPSA) is 95.6 Å². The summed E-state index contributed by atoms with van der Waals surface area (Å²) in [4.78, 5) is 29.0. The molecule has 2 bridgehead atoms. The van der Waals surface area contributed by atoms with Gasteiger partial charge in [0.15, 0.2) is 0 Å². The van der Waals surface area contributed by atoms with Gasteiger partial charge in [-0.3, -0.25) is 4.79 Å². The number of carbonyl (C=O) groups is 1. The Hall–Kier alpha value is -3.69. The summed E-state index contributed by atoms with van der Waals surface area (Å²) in [5.41, 5.74) is 3.93. The lowest BCUT2D eigenvalue weighted by atomic mass is 10.1. The highest BCUT2D eigenvalue weighted by atomic mass is 16.5. The number of nitrogens with one attached hydrogen (secondary N) is 2. The smallest absolute Gasteiger partial charge is 0.248 e. The summed E-state index contributed by atoms with van der Waals surface area (Å²) in [5.74, 6) is 1.42. The van der Waals surface area contributed by atoms with Crippen LogP contribution in [0.15, 0.2) is 66.5 Å². The van der Waals surface area contributed by atoms with E-state index in [1.165, 1.54) is 0 Å². The van der Waals surface area contributed by atoms with Crippen molar-refractivity contribution in [2.75, 3.05) is 39.1 Å². The van der Waals surface area contributed by atoms with Crippen LogP contribution in [-0.4, -0.2) is 70.6 Å². The second-order valence-electron chi connectivity index (χ2n) is 9.33. The monoisotopic (exact) mass is 488 g/mol. The molecule has 0 spiro atoms. The maximum absolute atomic E-state index is 12.8. The molecule has 3 heterocycles. The molecule has 1 atom stereocenters. The van der Waals surface area contributed by atoms with Crippen LogP contribution in [0, 0.1) is 0 Å². The maximum atomic E-state index is 12.8. The molecule has 5 rings (SSSR count). The molecule has 9 nitrogen and oxygen atoms in total. The van der Waals surface area contributed by atoms with Crippen molar-refractivity contribution < 1.29 is 14.3 Å². The molecule has 0 saturated heterocycles. The molecule has 1 aromatic carbocycles. The van der Waals surface area contributed by atoms with Gasteiger partial charge in [-0.25, -0.2) is 9.97 Å². The molecule has 9 heteroatoms. The van der Waals surface area contributed by atoms with E-state index in [-0.39, 0.29) is 18.6 Å². The number of anilines is 1. The molecule has 2 N–H and O–H groups in total. The second-order valence-corrected chi connectivity index (χ2v) is 9.33. The van der Waals surface area contributed by atoms with Gasteiger partial charge in [-0.05, 0) is 43.3 Å². The van der Waals surface area contributed by atoms with Crippen molar-refractivity contribution in [2.45, 2.75) is 32.1 Å². The zero-order chi connectivity index (χ0) is 24.9. The molecule has 3 aromatic rings. The minimum atomic E-state index is -0.388. The van der Waals surface area contributed by atoms with Gasteiger partial charge < -0.3 is 29.6 Å². The summed E-state index contributed by atoms with van der Waals surface area (Å²) in [7, 11) is 3.91. The Bertz CT molecular complexity index is 1270. The summed E-state index contributed by atoms with van der Waals surface area (Å²) in [6, 6.07) is 10.0. The van der Waals surface area contributed by atoms with Gasteiger partial charge in [0.05, 0.1) is 5.39 Å². The molecule has 0 fully saturated rings. The zero-order valence-electron chi connectivity index (χ0n) is 20.7. The number of benzene rings is 1. The van der Waals surface area contributed by atoms with Crippen molar-refractivity contribution >= 4 is 22.8 Å². The summed E-state index contributed by atoms with van der Waals surface area (Å²) in [5, 5.41) is 4.47. The number of rotatable bonds is 3. The number of hydrogen-bond donors (Lipinski definition) is 2. The zero-order valence-corrected chi connectivity index (χ0v) is 20.7. The Balaban J connectivity index is 1.44.